The highest BCUT2D eigenvalue weighted by Crippen LogP contribution is 2.21. The van der Waals surface area contributed by atoms with Gasteiger partial charge >= 0.3 is 0 Å². The van der Waals surface area contributed by atoms with Crippen molar-refractivity contribution in [1.29, 1.82) is 0 Å². The number of hydrogen-bond donors (Lipinski definition) is 3. The van der Waals surface area contributed by atoms with Crippen LogP contribution < -0.4 is 10.6 Å². The molecule has 24 heavy (non-hydrogen) atoms. The van der Waals surface area contributed by atoms with Crippen LogP contribution in [0.1, 0.15) is 17.0 Å². The molecule has 3 rings (SSSR count). The van der Waals surface area contributed by atoms with Crippen molar-refractivity contribution in [2.24, 2.45) is 12.0 Å². The van der Waals surface area contributed by atoms with Crippen molar-refractivity contribution in [3.05, 3.63) is 47.7 Å². The Hall–Kier alpha value is -2.83. The first kappa shape index (κ1) is 16.0. The lowest BCUT2D eigenvalue weighted by atomic mass is 10.1. The maximum absolute atomic E-state index is 4.24. The second-order valence-corrected chi connectivity index (χ2v) is 5.71. The Morgan fingerprint density at radius 2 is 2.21 bits per heavy atom. The van der Waals surface area contributed by atoms with Crippen LogP contribution in [0, 0.1) is 6.92 Å². The van der Waals surface area contributed by atoms with Crippen LogP contribution >= 0.6 is 0 Å². The number of H-pyrrole nitrogens is 1. The van der Waals surface area contributed by atoms with Gasteiger partial charge in [-0.05, 0) is 24.5 Å². The highest BCUT2D eigenvalue weighted by atomic mass is 15.3. The Kier molecular flexibility index (Phi) is 4.79. The SMILES string of the molecule is CN=C(NCCc1c[nH]c2c(C)cccc12)NCc1ncnn1C. The fourth-order valence-corrected chi connectivity index (χ4v) is 2.75. The van der Waals surface area contributed by atoms with Gasteiger partial charge in [0.15, 0.2) is 5.96 Å². The number of guanidine groups is 1. The van der Waals surface area contributed by atoms with E-state index >= 15 is 0 Å². The second kappa shape index (κ2) is 7.16. The number of fused-ring (bicyclic) bond motifs is 1. The maximum atomic E-state index is 4.24. The van der Waals surface area contributed by atoms with E-state index < -0.39 is 0 Å². The van der Waals surface area contributed by atoms with Gasteiger partial charge in [0.2, 0.25) is 0 Å². The fourth-order valence-electron chi connectivity index (χ4n) is 2.75. The molecule has 3 N–H and O–H groups in total. The van der Waals surface area contributed by atoms with E-state index in [0.29, 0.717) is 6.54 Å². The summed E-state index contributed by atoms with van der Waals surface area (Å²) in [5.41, 5.74) is 3.80. The summed E-state index contributed by atoms with van der Waals surface area (Å²) in [6, 6.07) is 6.39. The smallest absolute Gasteiger partial charge is 0.191 e. The van der Waals surface area contributed by atoms with E-state index in [4.69, 9.17) is 0 Å². The lowest BCUT2D eigenvalue weighted by Gasteiger charge is -2.11. The van der Waals surface area contributed by atoms with Gasteiger partial charge in [0.25, 0.3) is 0 Å². The van der Waals surface area contributed by atoms with Crippen molar-refractivity contribution >= 4 is 16.9 Å². The van der Waals surface area contributed by atoms with Gasteiger partial charge in [-0.1, -0.05) is 18.2 Å². The van der Waals surface area contributed by atoms with Gasteiger partial charge in [0.1, 0.15) is 12.2 Å². The first-order chi connectivity index (χ1) is 11.7. The standard InChI is InChI=1S/C17H23N7/c1-12-5-4-6-14-13(9-20-16(12)14)7-8-19-17(18-2)21-10-15-22-11-23-24(15)3/h4-6,9,11,20H,7-8,10H2,1-3H3,(H2,18,19,21). The van der Waals surface area contributed by atoms with Crippen molar-refractivity contribution in [3.63, 3.8) is 0 Å². The third-order valence-electron chi connectivity index (χ3n) is 4.14. The van der Waals surface area contributed by atoms with E-state index in [2.05, 4.69) is 62.0 Å². The van der Waals surface area contributed by atoms with Crippen molar-refractivity contribution in [3.8, 4) is 0 Å². The highest BCUT2D eigenvalue weighted by Gasteiger charge is 2.06. The molecule has 0 saturated carbocycles. The zero-order valence-corrected chi connectivity index (χ0v) is 14.3. The van der Waals surface area contributed by atoms with Crippen LogP contribution in [0.25, 0.3) is 10.9 Å². The molecular formula is C17H23N7. The van der Waals surface area contributed by atoms with Crippen molar-refractivity contribution in [2.75, 3.05) is 13.6 Å². The number of benzene rings is 1. The maximum Gasteiger partial charge on any atom is 0.191 e. The molecule has 126 valence electrons. The minimum absolute atomic E-state index is 0.586. The van der Waals surface area contributed by atoms with Crippen LogP contribution in [0.5, 0.6) is 0 Å². The molecule has 2 heterocycles. The summed E-state index contributed by atoms with van der Waals surface area (Å²) >= 11 is 0. The molecule has 0 aliphatic rings. The fraction of sp³-hybridized carbons (Fsp3) is 0.353. The van der Waals surface area contributed by atoms with E-state index in [1.165, 1.54) is 22.0 Å². The summed E-state index contributed by atoms with van der Waals surface area (Å²) in [6.45, 7) is 3.51. The number of rotatable bonds is 5. The molecule has 0 radical (unpaired) electrons. The molecule has 2 aromatic heterocycles. The summed E-state index contributed by atoms with van der Waals surface area (Å²) in [7, 11) is 3.64. The Morgan fingerprint density at radius 3 is 2.96 bits per heavy atom. The van der Waals surface area contributed by atoms with Crippen LogP contribution in [0.3, 0.4) is 0 Å². The van der Waals surface area contributed by atoms with Gasteiger partial charge in [-0.2, -0.15) is 5.10 Å². The number of aliphatic imine (C=N–C) groups is 1. The number of aromatic amines is 1. The predicted molar refractivity (Wildman–Crippen MR) is 95.9 cm³/mol. The Bertz CT molecular complexity index is 844. The average molecular weight is 325 g/mol. The van der Waals surface area contributed by atoms with Gasteiger partial charge in [0.05, 0.1) is 6.54 Å². The first-order valence-electron chi connectivity index (χ1n) is 8.02. The third-order valence-corrected chi connectivity index (χ3v) is 4.14. The van der Waals surface area contributed by atoms with Crippen LogP contribution in [-0.2, 0) is 20.0 Å². The zero-order valence-electron chi connectivity index (χ0n) is 14.3. The molecule has 0 aliphatic carbocycles. The Labute approximate surface area is 141 Å². The molecule has 1 aromatic carbocycles. The zero-order chi connectivity index (χ0) is 16.9. The van der Waals surface area contributed by atoms with Gasteiger partial charge < -0.3 is 15.6 Å². The largest absolute Gasteiger partial charge is 0.361 e. The predicted octanol–water partition coefficient (Wildman–Crippen LogP) is 1.51. The number of nitrogens with zero attached hydrogens (tertiary/aromatic N) is 4. The number of hydrogen-bond acceptors (Lipinski definition) is 3. The number of para-hydroxylation sites is 1. The Balaban J connectivity index is 1.54. The molecule has 0 bridgehead atoms. The normalized spacial score (nSPS) is 11.9. The van der Waals surface area contributed by atoms with Crippen molar-refractivity contribution in [1.82, 2.24) is 30.4 Å². The average Bonchev–Trinajstić information content (AvgIpc) is 3.18. The van der Waals surface area contributed by atoms with E-state index in [0.717, 1.165) is 24.7 Å². The molecule has 0 fully saturated rings. The minimum Gasteiger partial charge on any atom is -0.361 e. The van der Waals surface area contributed by atoms with Gasteiger partial charge in [0, 0.05) is 37.7 Å². The van der Waals surface area contributed by atoms with Crippen LogP contribution in [0.2, 0.25) is 0 Å². The first-order valence-corrected chi connectivity index (χ1v) is 8.02. The Morgan fingerprint density at radius 1 is 1.33 bits per heavy atom. The summed E-state index contributed by atoms with van der Waals surface area (Å²) in [5.74, 6) is 1.62. The molecule has 0 amide bonds. The molecule has 0 unspecified atom stereocenters. The number of nitrogens with one attached hydrogen (secondary N) is 3. The lowest BCUT2D eigenvalue weighted by molar-refractivity contribution is 0.672. The molecule has 0 atom stereocenters. The van der Waals surface area contributed by atoms with Crippen molar-refractivity contribution in [2.45, 2.75) is 19.9 Å². The monoisotopic (exact) mass is 325 g/mol. The topological polar surface area (TPSA) is 82.9 Å². The summed E-state index contributed by atoms with van der Waals surface area (Å²) < 4.78 is 1.74. The minimum atomic E-state index is 0.586. The summed E-state index contributed by atoms with van der Waals surface area (Å²) in [4.78, 5) is 11.8. The third kappa shape index (κ3) is 3.40. The van der Waals surface area contributed by atoms with E-state index in [1.54, 1.807) is 18.1 Å². The van der Waals surface area contributed by atoms with Crippen LogP contribution in [-0.4, -0.2) is 39.3 Å². The van der Waals surface area contributed by atoms with Crippen LogP contribution in [0.4, 0.5) is 0 Å². The number of aryl methyl sites for hydroxylation is 2. The molecule has 3 aromatic rings. The summed E-state index contributed by atoms with van der Waals surface area (Å²) in [6.07, 6.45) is 4.56. The van der Waals surface area contributed by atoms with Crippen LogP contribution in [0.15, 0.2) is 35.7 Å². The summed E-state index contributed by atoms with van der Waals surface area (Å²) in [5, 5.41) is 11.9. The molecule has 0 saturated heterocycles. The lowest BCUT2D eigenvalue weighted by Crippen LogP contribution is -2.38. The van der Waals surface area contributed by atoms with Gasteiger partial charge in [-0.15, -0.1) is 0 Å². The van der Waals surface area contributed by atoms with E-state index in [1.807, 2.05) is 7.05 Å². The molecule has 7 nitrogen and oxygen atoms in total. The van der Waals surface area contributed by atoms with Gasteiger partial charge in [-0.3, -0.25) is 9.67 Å². The van der Waals surface area contributed by atoms with Crippen molar-refractivity contribution < 1.29 is 0 Å². The van der Waals surface area contributed by atoms with E-state index in [9.17, 15) is 0 Å². The van der Waals surface area contributed by atoms with Gasteiger partial charge in [-0.25, -0.2) is 4.98 Å². The molecule has 0 spiro atoms. The molecule has 0 aliphatic heterocycles. The molecular weight excluding hydrogens is 302 g/mol. The number of aromatic nitrogens is 4. The second-order valence-electron chi connectivity index (χ2n) is 5.71. The van der Waals surface area contributed by atoms with E-state index in [-0.39, 0.29) is 0 Å². The molecule has 7 heteroatoms. The quantitative estimate of drug-likeness (QED) is 0.490. The highest BCUT2D eigenvalue weighted by molar-refractivity contribution is 5.86.